The summed E-state index contributed by atoms with van der Waals surface area (Å²) in [6.45, 7) is 0.184. The Balaban J connectivity index is 1.77. The van der Waals surface area contributed by atoms with Crippen LogP contribution in [0.2, 0.25) is 5.02 Å². The van der Waals surface area contributed by atoms with Gasteiger partial charge in [-0.1, -0.05) is 60.1 Å². The quantitative estimate of drug-likeness (QED) is 0.392. The molecule has 0 bridgehead atoms. The molecular weight excluding hydrogens is 430 g/mol. The lowest BCUT2D eigenvalue weighted by Gasteiger charge is -2.12. The fourth-order valence-electron chi connectivity index (χ4n) is 3.58. The molecule has 0 saturated heterocycles. The molecule has 0 aliphatic rings. The van der Waals surface area contributed by atoms with Crippen molar-refractivity contribution in [1.29, 1.82) is 0 Å². The molecule has 0 radical (unpaired) electrons. The van der Waals surface area contributed by atoms with Gasteiger partial charge in [-0.2, -0.15) is 9.50 Å². The zero-order valence-corrected chi connectivity index (χ0v) is 17.7. The van der Waals surface area contributed by atoms with Crippen LogP contribution in [0.15, 0.2) is 71.8 Å². The zero-order chi connectivity index (χ0) is 22.2. The first-order chi connectivity index (χ1) is 15.6. The third-order valence-corrected chi connectivity index (χ3v) is 5.50. The number of pyridine rings is 1. The third-order valence-electron chi connectivity index (χ3n) is 5.13. The fourth-order valence-corrected chi connectivity index (χ4v) is 3.77. The Bertz CT molecular complexity index is 1540. The lowest BCUT2D eigenvalue weighted by atomic mass is 10.1. The lowest BCUT2D eigenvalue weighted by molar-refractivity contribution is 0.0601. The van der Waals surface area contributed by atoms with E-state index in [1.807, 2.05) is 48.5 Å². The Labute approximate surface area is 186 Å². The molecule has 0 saturated carbocycles. The van der Waals surface area contributed by atoms with E-state index in [2.05, 4.69) is 15.1 Å². The number of rotatable bonds is 4. The highest BCUT2D eigenvalue weighted by molar-refractivity contribution is 6.31. The van der Waals surface area contributed by atoms with E-state index < -0.39 is 5.97 Å². The highest BCUT2D eigenvalue weighted by Crippen LogP contribution is 2.22. The molecule has 5 rings (SSSR count). The van der Waals surface area contributed by atoms with Crippen LogP contribution in [0.3, 0.4) is 0 Å². The monoisotopic (exact) mass is 445 g/mol. The smallest absolute Gasteiger partial charge is 0.341 e. The van der Waals surface area contributed by atoms with Gasteiger partial charge >= 0.3 is 5.97 Å². The molecule has 8 nitrogen and oxygen atoms in total. The van der Waals surface area contributed by atoms with E-state index in [-0.39, 0.29) is 34.3 Å². The van der Waals surface area contributed by atoms with Gasteiger partial charge in [0.2, 0.25) is 0 Å². The van der Waals surface area contributed by atoms with Gasteiger partial charge in [0.25, 0.3) is 11.3 Å². The number of benzene rings is 2. The minimum absolute atomic E-state index is 0.172. The number of ether oxygens (including phenoxy) is 1. The summed E-state index contributed by atoms with van der Waals surface area (Å²) in [6, 6.07) is 16.6. The number of esters is 1. The van der Waals surface area contributed by atoms with Crippen LogP contribution in [0.5, 0.6) is 0 Å². The maximum Gasteiger partial charge on any atom is 0.341 e. The van der Waals surface area contributed by atoms with Gasteiger partial charge < -0.3 is 9.30 Å². The minimum atomic E-state index is -0.604. The van der Waals surface area contributed by atoms with Gasteiger partial charge in [-0.15, -0.1) is 5.10 Å². The van der Waals surface area contributed by atoms with Gasteiger partial charge in [-0.3, -0.25) is 4.79 Å². The molecule has 0 fully saturated rings. The van der Waals surface area contributed by atoms with Gasteiger partial charge in [0.15, 0.2) is 5.82 Å². The molecule has 0 aliphatic heterocycles. The van der Waals surface area contributed by atoms with Crippen LogP contribution in [-0.2, 0) is 11.3 Å². The van der Waals surface area contributed by atoms with Crippen molar-refractivity contribution >= 4 is 34.3 Å². The molecule has 0 amide bonds. The summed E-state index contributed by atoms with van der Waals surface area (Å²) in [4.78, 5) is 34.7. The number of hydrogen-bond donors (Lipinski definition) is 0. The first kappa shape index (κ1) is 19.9. The lowest BCUT2D eigenvalue weighted by Crippen LogP contribution is -2.24. The van der Waals surface area contributed by atoms with E-state index >= 15 is 0 Å². The largest absolute Gasteiger partial charge is 0.465 e. The molecule has 0 unspecified atom stereocenters. The van der Waals surface area contributed by atoms with E-state index in [1.165, 1.54) is 28.6 Å². The first-order valence-corrected chi connectivity index (χ1v) is 10.1. The van der Waals surface area contributed by atoms with Gasteiger partial charge in [0.1, 0.15) is 5.56 Å². The second kappa shape index (κ2) is 7.90. The summed E-state index contributed by atoms with van der Waals surface area (Å²) in [6.07, 6.45) is 2.87. The van der Waals surface area contributed by atoms with Crippen molar-refractivity contribution in [3.63, 3.8) is 0 Å². The molecule has 158 valence electrons. The maximum absolute atomic E-state index is 13.3. The Morgan fingerprint density at radius 3 is 2.59 bits per heavy atom. The summed E-state index contributed by atoms with van der Waals surface area (Å²) < 4.78 is 7.81. The second-order valence-electron chi connectivity index (χ2n) is 7.09. The van der Waals surface area contributed by atoms with E-state index in [4.69, 9.17) is 16.3 Å². The van der Waals surface area contributed by atoms with Gasteiger partial charge in [0, 0.05) is 23.0 Å². The molecule has 0 spiro atoms. The number of fused-ring (bicyclic) bond motifs is 3. The van der Waals surface area contributed by atoms with Crippen LogP contribution in [-0.4, -0.2) is 37.2 Å². The normalized spacial score (nSPS) is 11.2. The van der Waals surface area contributed by atoms with Crippen LogP contribution in [0.4, 0.5) is 0 Å². The number of carbonyl (C=O) groups is 1. The Morgan fingerprint density at radius 2 is 1.84 bits per heavy atom. The van der Waals surface area contributed by atoms with Crippen LogP contribution in [0.1, 0.15) is 15.9 Å². The Morgan fingerprint density at radius 1 is 1.09 bits per heavy atom. The summed E-state index contributed by atoms with van der Waals surface area (Å²) in [7, 11) is 1.28. The molecular formula is C23H16ClN5O3. The summed E-state index contributed by atoms with van der Waals surface area (Å²) in [5, 5.41) is 5.27. The average Bonchev–Trinajstić information content (AvgIpc) is 3.27. The van der Waals surface area contributed by atoms with Crippen molar-refractivity contribution in [2.75, 3.05) is 7.11 Å². The number of halogens is 1. The van der Waals surface area contributed by atoms with Gasteiger partial charge in [0.05, 0.1) is 24.6 Å². The summed E-state index contributed by atoms with van der Waals surface area (Å²) >= 11 is 6.27. The Hall–Kier alpha value is -4.04. The molecule has 0 aliphatic carbocycles. The van der Waals surface area contributed by atoms with Crippen molar-refractivity contribution < 1.29 is 9.53 Å². The second-order valence-corrected chi connectivity index (χ2v) is 7.50. The highest BCUT2D eigenvalue weighted by Gasteiger charge is 2.21. The fraction of sp³-hybridized carbons (Fsp3) is 0.0870. The van der Waals surface area contributed by atoms with Crippen LogP contribution < -0.4 is 5.56 Å². The molecule has 3 heterocycles. The first-order valence-electron chi connectivity index (χ1n) is 9.73. The predicted molar refractivity (Wildman–Crippen MR) is 120 cm³/mol. The van der Waals surface area contributed by atoms with Gasteiger partial charge in [-0.25, -0.2) is 9.78 Å². The number of aromatic nitrogens is 5. The van der Waals surface area contributed by atoms with Crippen LogP contribution in [0, 0.1) is 0 Å². The number of hydrogen-bond acceptors (Lipinski definition) is 6. The molecule has 0 atom stereocenters. The molecule has 32 heavy (non-hydrogen) atoms. The molecule has 2 aromatic carbocycles. The standard InChI is InChI=1S/C23H16ClN5O3/c1-32-22(31)17-13-28(12-15-9-5-6-10-18(15)24)21(30)16-11-25-23-26-20(27-29(23)19(16)17)14-7-3-2-4-8-14/h2-11,13H,12H2,1H3. The van der Waals surface area contributed by atoms with Gasteiger partial charge in [-0.05, 0) is 11.6 Å². The van der Waals surface area contributed by atoms with Crippen LogP contribution in [0.25, 0.3) is 28.1 Å². The predicted octanol–water partition coefficient (Wildman–Crippen LogP) is 3.59. The maximum atomic E-state index is 13.3. The van der Waals surface area contributed by atoms with E-state index in [0.717, 1.165) is 11.1 Å². The SMILES string of the molecule is COC(=O)c1cn(Cc2ccccc2Cl)c(=O)c2cnc3nc(-c4ccccc4)nn3c12. The van der Waals surface area contributed by atoms with E-state index in [9.17, 15) is 9.59 Å². The molecule has 9 heteroatoms. The minimum Gasteiger partial charge on any atom is -0.465 e. The summed E-state index contributed by atoms with van der Waals surface area (Å²) in [5.41, 5.74) is 1.66. The topological polar surface area (TPSA) is 91.4 Å². The van der Waals surface area contributed by atoms with Crippen molar-refractivity contribution in [2.24, 2.45) is 0 Å². The van der Waals surface area contributed by atoms with Crippen molar-refractivity contribution in [2.45, 2.75) is 6.54 Å². The average molecular weight is 446 g/mol. The summed E-state index contributed by atoms with van der Waals surface area (Å²) in [5.74, 6) is 0.0959. The zero-order valence-electron chi connectivity index (χ0n) is 16.9. The van der Waals surface area contributed by atoms with Crippen molar-refractivity contribution in [3.8, 4) is 11.4 Å². The molecule has 0 N–H and O–H groups in total. The molecule has 3 aromatic heterocycles. The van der Waals surface area contributed by atoms with Crippen LogP contribution >= 0.6 is 11.6 Å². The van der Waals surface area contributed by atoms with E-state index in [1.54, 1.807) is 6.07 Å². The number of carbonyl (C=O) groups excluding carboxylic acids is 1. The molecule has 5 aromatic rings. The Kier molecular flexibility index (Phi) is 4.91. The number of nitrogens with zero attached hydrogens (tertiary/aromatic N) is 5. The van der Waals surface area contributed by atoms with Crippen molar-refractivity contribution in [3.05, 3.63) is 93.5 Å². The highest BCUT2D eigenvalue weighted by atomic mass is 35.5. The number of methoxy groups -OCH3 is 1. The van der Waals surface area contributed by atoms with Crippen molar-refractivity contribution in [1.82, 2.24) is 24.1 Å². The third kappa shape index (κ3) is 3.30. The van der Waals surface area contributed by atoms with E-state index in [0.29, 0.717) is 10.8 Å².